The highest BCUT2D eigenvalue weighted by atomic mass is 79.9. The van der Waals surface area contributed by atoms with Crippen molar-refractivity contribution in [1.82, 2.24) is 0 Å². The Morgan fingerprint density at radius 1 is 1.47 bits per heavy atom. The summed E-state index contributed by atoms with van der Waals surface area (Å²) >= 11 is 3.32. The molecule has 0 spiro atoms. The summed E-state index contributed by atoms with van der Waals surface area (Å²) in [6, 6.07) is 1.57. The van der Waals surface area contributed by atoms with Gasteiger partial charge in [-0.3, -0.25) is 0 Å². The fraction of sp³-hybridized carbons (Fsp3) is 0.500. The second-order valence-electron chi connectivity index (χ2n) is 4.63. The molecule has 0 aromatic heterocycles. The molecule has 0 amide bonds. The molecular formula is C12H15BrFN. The van der Waals surface area contributed by atoms with Gasteiger partial charge in [-0.2, -0.15) is 0 Å². The Balaban J connectivity index is 2.44. The van der Waals surface area contributed by atoms with E-state index in [-0.39, 0.29) is 11.4 Å². The van der Waals surface area contributed by atoms with E-state index >= 15 is 0 Å². The quantitative estimate of drug-likeness (QED) is 0.878. The average molecular weight is 272 g/mol. The molecule has 1 aromatic rings. The van der Waals surface area contributed by atoms with Crippen LogP contribution in [-0.4, -0.2) is 5.54 Å². The highest BCUT2D eigenvalue weighted by molar-refractivity contribution is 9.10. The lowest BCUT2D eigenvalue weighted by Gasteiger charge is -2.15. The summed E-state index contributed by atoms with van der Waals surface area (Å²) in [5.41, 5.74) is 9.18. The van der Waals surface area contributed by atoms with Crippen LogP contribution in [0.2, 0.25) is 0 Å². The van der Waals surface area contributed by atoms with Gasteiger partial charge in [0.25, 0.3) is 0 Å². The molecule has 1 fully saturated rings. The smallest absolute Gasteiger partial charge is 0.137 e. The van der Waals surface area contributed by atoms with Gasteiger partial charge in [0.15, 0.2) is 0 Å². The van der Waals surface area contributed by atoms with Crippen LogP contribution >= 0.6 is 15.9 Å². The summed E-state index contributed by atoms with van der Waals surface area (Å²) < 4.78 is 14.1. The molecule has 0 heterocycles. The Hall–Kier alpha value is -0.410. The first-order valence-electron chi connectivity index (χ1n) is 5.16. The van der Waals surface area contributed by atoms with E-state index in [0.29, 0.717) is 4.47 Å². The van der Waals surface area contributed by atoms with Crippen LogP contribution in [0, 0.1) is 19.7 Å². The second-order valence-corrected chi connectivity index (χ2v) is 5.42. The van der Waals surface area contributed by atoms with Crippen LogP contribution in [0.4, 0.5) is 4.39 Å². The molecule has 1 saturated carbocycles. The Morgan fingerprint density at radius 2 is 2.07 bits per heavy atom. The third-order valence-electron chi connectivity index (χ3n) is 3.28. The van der Waals surface area contributed by atoms with Crippen molar-refractivity contribution in [2.75, 3.05) is 0 Å². The minimum absolute atomic E-state index is 0.0759. The van der Waals surface area contributed by atoms with Gasteiger partial charge in [0, 0.05) is 5.54 Å². The van der Waals surface area contributed by atoms with Gasteiger partial charge in [0.05, 0.1) is 4.47 Å². The maximum absolute atomic E-state index is 13.5. The predicted octanol–water partition coefficient (Wildman–Crippen LogP) is 3.24. The van der Waals surface area contributed by atoms with Gasteiger partial charge in [-0.05, 0) is 71.8 Å². The molecule has 0 radical (unpaired) electrons. The van der Waals surface area contributed by atoms with Crippen molar-refractivity contribution < 1.29 is 4.39 Å². The number of hydrogen-bond donors (Lipinski definition) is 1. The molecule has 2 rings (SSSR count). The van der Waals surface area contributed by atoms with E-state index in [1.165, 1.54) is 0 Å². The Bertz CT molecular complexity index is 384. The maximum atomic E-state index is 13.5. The van der Waals surface area contributed by atoms with Crippen molar-refractivity contribution in [3.05, 3.63) is 33.0 Å². The lowest BCUT2D eigenvalue weighted by Crippen LogP contribution is -2.25. The third-order valence-corrected chi connectivity index (χ3v) is 4.14. The number of nitrogens with two attached hydrogens (primary N) is 1. The van der Waals surface area contributed by atoms with Crippen LogP contribution in [-0.2, 0) is 6.42 Å². The molecule has 82 valence electrons. The standard InChI is InChI=1S/C12H15BrFN/c1-7-5-10(14)11(13)9(8(7)2)6-12(15)3-4-12/h5H,3-4,6,15H2,1-2H3. The Labute approximate surface area is 98.0 Å². The Morgan fingerprint density at radius 3 is 2.60 bits per heavy atom. The van der Waals surface area contributed by atoms with Crippen LogP contribution < -0.4 is 5.73 Å². The number of halogens is 2. The van der Waals surface area contributed by atoms with Crippen LogP contribution in [0.15, 0.2) is 10.5 Å². The molecule has 1 aliphatic carbocycles. The zero-order valence-corrected chi connectivity index (χ0v) is 10.6. The molecule has 1 nitrogen and oxygen atoms in total. The van der Waals surface area contributed by atoms with Gasteiger partial charge < -0.3 is 5.73 Å². The topological polar surface area (TPSA) is 26.0 Å². The number of hydrogen-bond acceptors (Lipinski definition) is 1. The third kappa shape index (κ3) is 2.08. The summed E-state index contributed by atoms with van der Waals surface area (Å²) in [4.78, 5) is 0. The van der Waals surface area contributed by atoms with E-state index in [0.717, 1.165) is 36.0 Å². The van der Waals surface area contributed by atoms with Crippen molar-refractivity contribution in [3.8, 4) is 0 Å². The molecule has 0 atom stereocenters. The van der Waals surface area contributed by atoms with Crippen molar-refractivity contribution in [2.45, 2.75) is 38.6 Å². The van der Waals surface area contributed by atoms with Crippen molar-refractivity contribution in [2.24, 2.45) is 5.73 Å². The Kier molecular flexibility index (Phi) is 2.63. The fourth-order valence-corrected chi connectivity index (χ4v) is 2.36. The molecule has 1 aliphatic rings. The molecule has 3 heteroatoms. The average Bonchev–Trinajstić information content (AvgIpc) is 2.89. The van der Waals surface area contributed by atoms with Crippen LogP contribution in [0.5, 0.6) is 0 Å². The normalized spacial score (nSPS) is 17.9. The van der Waals surface area contributed by atoms with Gasteiger partial charge in [0.2, 0.25) is 0 Å². The lowest BCUT2D eigenvalue weighted by atomic mass is 9.96. The lowest BCUT2D eigenvalue weighted by molar-refractivity contribution is 0.607. The van der Waals surface area contributed by atoms with Crippen LogP contribution in [0.1, 0.15) is 29.5 Å². The number of rotatable bonds is 2. The second kappa shape index (κ2) is 3.56. The minimum atomic E-state index is -0.183. The molecule has 15 heavy (non-hydrogen) atoms. The number of aryl methyl sites for hydroxylation is 1. The number of benzene rings is 1. The summed E-state index contributed by atoms with van der Waals surface area (Å²) in [6.45, 7) is 3.96. The molecule has 1 aromatic carbocycles. The zero-order valence-electron chi connectivity index (χ0n) is 9.03. The van der Waals surface area contributed by atoms with E-state index in [1.807, 2.05) is 13.8 Å². The van der Waals surface area contributed by atoms with Crippen molar-refractivity contribution in [1.29, 1.82) is 0 Å². The van der Waals surface area contributed by atoms with Gasteiger partial charge >= 0.3 is 0 Å². The fourth-order valence-electron chi connectivity index (χ4n) is 1.81. The van der Waals surface area contributed by atoms with Crippen molar-refractivity contribution >= 4 is 15.9 Å². The predicted molar refractivity (Wildman–Crippen MR) is 63.4 cm³/mol. The van der Waals surface area contributed by atoms with Crippen molar-refractivity contribution in [3.63, 3.8) is 0 Å². The SMILES string of the molecule is Cc1cc(F)c(Br)c(CC2(N)CC2)c1C. The van der Waals surface area contributed by atoms with E-state index in [9.17, 15) is 4.39 Å². The van der Waals surface area contributed by atoms with Gasteiger partial charge in [0.1, 0.15) is 5.82 Å². The molecule has 0 bridgehead atoms. The van der Waals surface area contributed by atoms with E-state index in [4.69, 9.17) is 5.73 Å². The van der Waals surface area contributed by atoms with Gasteiger partial charge in [-0.15, -0.1) is 0 Å². The first-order chi connectivity index (χ1) is 6.93. The summed E-state index contributed by atoms with van der Waals surface area (Å²) in [5.74, 6) is -0.183. The van der Waals surface area contributed by atoms with Crippen LogP contribution in [0.25, 0.3) is 0 Å². The molecular weight excluding hydrogens is 257 g/mol. The minimum Gasteiger partial charge on any atom is -0.325 e. The highest BCUT2D eigenvalue weighted by Crippen LogP contribution is 2.39. The summed E-state index contributed by atoms with van der Waals surface area (Å²) in [6.07, 6.45) is 2.88. The van der Waals surface area contributed by atoms with E-state index in [1.54, 1.807) is 6.07 Å². The van der Waals surface area contributed by atoms with E-state index < -0.39 is 0 Å². The first-order valence-corrected chi connectivity index (χ1v) is 5.95. The zero-order chi connectivity index (χ0) is 11.2. The maximum Gasteiger partial charge on any atom is 0.137 e. The monoisotopic (exact) mass is 271 g/mol. The van der Waals surface area contributed by atoms with Gasteiger partial charge in [-0.25, -0.2) is 4.39 Å². The first kappa shape index (κ1) is 11.1. The van der Waals surface area contributed by atoms with E-state index in [2.05, 4.69) is 15.9 Å². The molecule has 2 N–H and O–H groups in total. The molecule has 0 aliphatic heterocycles. The summed E-state index contributed by atoms with van der Waals surface area (Å²) in [5, 5.41) is 0. The largest absolute Gasteiger partial charge is 0.325 e. The summed E-state index contributed by atoms with van der Waals surface area (Å²) in [7, 11) is 0. The molecule has 0 saturated heterocycles. The highest BCUT2D eigenvalue weighted by Gasteiger charge is 2.39. The van der Waals surface area contributed by atoms with Gasteiger partial charge in [-0.1, -0.05) is 0 Å². The molecule has 0 unspecified atom stereocenters. The van der Waals surface area contributed by atoms with Crippen LogP contribution in [0.3, 0.4) is 0 Å².